The number of hydrogen-bond donors (Lipinski definition) is 2. The van der Waals surface area contributed by atoms with E-state index in [0.717, 1.165) is 12.8 Å². The van der Waals surface area contributed by atoms with Gasteiger partial charge in [0.05, 0.1) is 6.33 Å². The topological polar surface area (TPSA) is 67.2 Å². The summed E-state index contributed by atoms with van der Waals surface area (Å²) in [4.78, 5) is 16.1. The highest BCUT2D eigenvalue weighted by atomic mass is 16.3. The summed E-state index contributed by atoms with van der Waals surface area (Å²) < 4.78 is 2.00. The number of imidazole rings is 1. The molecule has 0 bridgehead atoms. The highest BCUT2D eigenvalue weighted by Crippen LogP contribution is 2.20. The number of carbonyl (C=O) groups is 1. The van der Waals surface area contributed by atoms with Gasteiger partial charge in [0.2, 0.25) is 5.91 Å². The average molecular weight is 281 g/mol. The second kappa shape index (κ2) is 8.04. The molecule has 2 N–H and O–H groups in total. The monoisotopic (exact) mass is 281 g/mol. The Morgan fingerprint density at radius 1 is 1.50 bits per heavy atom. The summed E-state index contributed by atoms with van der Waals surface area (Å²) in [6.07, 6.45) is 8.57. The van der Waals surface area contributed by atoms with Gasteiger partial charge in [0, 0.05) is 38.0 Å². The number of amides is 1. The number of nitrogens with zero attached hydrogens (tertiary/aromatic N) is 2. The summed E-state index contributed by atoms with van der Waals surface area (Å²) in [5, 5.41) is 12.0. The second-order valence-corrected chi connectivity index (χ2v) is 6.07. The standard InChI is InChI=1S/C15H27N3O2/c1-4-5-13(18-8-7-16-12-18)10-14(20)17-11-15(2,3)6-9-19/h7-8,12-13,19H,4-6,9-11H2,1-3H3,(H,17,20). The predicted molar refractivity (Wildman–Crippen MR) is 79.3 cm³/mol. The SMILES string of the molecule is CCCC(CC(=O)NCC(C)(C)CCO)n1ccnc1. The van der Waals surface area contributed by atoms with E-state index in [0.29, 0.717) is 19.4 Å². The molecule has 0 aromatic carbocycles. The van der Waals surface area contributed by atoms with Crippen LogP contribution in [0.25, 0.3) is 0 Å². The van der Waals surface area contributed by atoms with Crippen LogP contribution in [0.4, 0.5) is 0 Å². The Labute approximate surface area is 121 Å². The third-order valence-electron chi connectivity index (χ3n) is 3.54. The summed E-state index contributed by atoms with van der Waals surface area (Å²) in [5.74, 6) is 0.0585. The minimum absolute atomic E-state index is 0.0585. The van der Waals surface area contributed by atoms with E-state index in [2.05, 4.69) is 17.2 Å². The van der Waals surface area contributed by atoms with E-state index in [9.17, 15) is 4.79 Å². The fraction of sp³-hybridized carbons (Fsp3) is 0.733. The van der Waals surface area contributed by atoms with Gasteiger partial charge in [-0.25, -0.2) is 4.98 Å². The van der Waals surface area contributed by atoms with Crippen LogP contribution < -0.4 is 5.32 Å². The van der Waals surface area contributed by atoms with Crippen molar-refractivity contribution in [2.75, 3.05) is 13.2 Å². The summed E-state index contributed by atoms with van der Waals surface area (Å²) in [7, 11) is 0. The van der Waals surface area contributed by atoms with Gasteiger partial charge in [0.15, 0.2) is 0 Å². The fourth-order valence-corrected chi connectivity index (χ4v) is 2.19. The molecule has 1 amide bonds. The molecule has 1 aromatic heterocycles. The molecular formula is C15H27N3O2. The van der Waals surface area contributed by atoms with Gasteiger partial charge in [-0.3, -0.25) is 4.79 Å². The summed E-state index contributed by atoms with van der Waals surface area (Å²) in [5.41, 5.74) is -0.0698. The zero-order valence-corrected chi connectivity index (χ0v) is 12.8. The van der Waals surface area contributed by atoms with Crippen LogP contribution >= 0.6 is 0 Å². The molecule has 0 radical (unpaired) electrons. The Morgan fingerprint density at radius 2 is 2.25 bits per heavy atom. The Kier molecular flexibility index (Phi) is 6.71. The highest BCUT2D eigenvalue weighted by molar-refractivity contribution is 5.76. The zero-order chi connectivity index (χ0) is 15.0. The molecule has 0 aliphatic rings. The maximum absolute atomic E-state index is 12.1. The van der Waals surface area contributed by atoms with Crippen LogP contribution in [0.3, 0.4) is 0 Å². The van der Waals surface area contributed by atoms with Crippen molar-refractivity contribution in [1.82, 2.24) is 14.9 Å². The highest BCUT2D eigenvalue weighted by Gasteiger charge is 2.20. The number of aliphatic hydroxyl groups is 1. The first-order chi connectivity index (χ1) is 9.48. The normalized spacial score (nSPS) is 13.2. The van der Waals surface area contributed by atoms with E-state index in [1.807, 2.05) is 24.6 Å². The quantitative estimate of drug-likeness (QED) is 0.728. The van der Waals surface area contributed by atoms with Crippen LogP contribution in [0, 0.1) is 5.41 Å². The molecule has 5 nitrogen and oxygen atoms in total. The van der Waals surface area contributed by atoms with Crippen molar-refractivity contribution in [3.05, 3.63) is 18.7 Å². The molecule has 0 spiro atoms. The smallest absolute Gasteiger partial charge is 0.222 e. The molecule has 1 aromatic rings. The number of carbonyl (C=O) groups excluding carboxylic acids is 1. The molecule has 0 saturated heterocycles. The van der Waals surface area contributed by atoms with Crippen LogP contribution in [0.2, 0.25) is 0 Å². The molecule has 1 unspecified atom stereocenters. The van der Waals surface area contributed by atoms with Crippen molar-refractivity contribution in [2.24, 2.45) is 5.41 Å². The van der Waals surface area contributed by atoms with E-state index in [1.165, 1.54) is 0 Å². The van der Waals surface area contributed by atoms with Crippen molar-refractivity contribution in [1.29, 1.82) is 0 Å². The molecule has 1 atom stereocenters. The first-order valence-corrected chi connectivity index (χ1v) is 7.33. The summed E-state index contributed by atoms with van der Waals surface area (Å²) in [6, 6.07) is 0.170. The largest absolute Gasteiger partial charge is 0.396 e. The molecular weight excluding hydrogens is 254 g/mol. The lowest BCUT2D eigenvalue weighted by Gasteiger charge is -2.25. The Bertz CT molecular complexity index is 388. The van der Waals surface area contributed by atoms with Gasteiger partial charge in [-0.2, -0.15) is 0 Å². The molecule has 1 heterocycles. The number of hydrogen-bond acceptors (Lipinski definition) is 3. The van der Waals surface area contributed by atoms with Crippen LogP contribution in [0.5, 0.6) is 0 Å². The lowest BCUT2D eigenvalue weighted by molar-refractivity contribution is -0.122. The first-order valence-electron chi connectivity index (χ1n) is 7.33. The van der Waals surface area contributed by atoms with Crippen molar-refractivity contribution in [3.63, 3.8) is 0 Å². The summed E-state index contributed by atoms with van der Waals surface area (Å²) >= 11 is 0. The van der Waals surface area contributed by atoms with E-state index in [-0.39, 0.29) is 24.0 Å². The van der Waals surface area contributed by atoms with Crippen LogP contribution in [-0.2, 0) is 4.79 Å². The average Bonchev–Trinajstić information content (AvgIpc) is 2.90. The van der Waals surface area contributed by atoms with Crippen molar-refractivity contribution in [2.45, 2.75) is 52.5 Å². The van der Waals surface area contributed by atoms with E-state index in [4.69, 9.17) is 5.11 Å². The lowest BCUT2D eigenvalue weighted by atomic mass is 9.89. The third kappa shape index (κ3) is 5.74. The summed E-state index contributed by atoms with van der Waals surface area (Å²) in [6.45, 7) is 6.95. The van der Waals surface area contributed by atoms with Crippen molar-refractivity contribution < 1.29 is 9.90 Å². The van der Waals surface area contributed by atoms with E-state index < -0.39 is 0 Å². The number of aromatic nitrogens is 2. The first kappa shape index (κ1) is 16.7. The number of aliphatic hydroxyl groups excluding tert-OH is 1. The van der Waals surface area contributed by atoms with Gasteiger partial charge >= 0.3 is 0 Å². The van der Waals surface area contributed by atoms with Crippen molar-refractivity contribution >= 4 is 5.91 Å². The van der Waals surface area contributed by atoms with Gasteiger partial charge in [-0.15, -0.1) is 0 Å². The van der Waals surface area contributed by atoms with Crippen molar-refractivity contribution in [3.8, 4) is 0 Å². The van der Waals surface area contributed by atoms with E-state index in [1.54, 1.807) is 12.5 Å². The second-order valence-electron chi connectivity index (χ2n) is 6.07. The molecule has 0 fully saturated rings. The lowest BCUT2D eigenvalue weighted by Crippen LogP contribution is -2.35. The minimum atomic E-state index is -0.0698. The Morgan fingerprint density at radius 3 is 2.80 bits per heavy atom. The third-order valence-corrected chi connectivity index (χ3v) is 3.54. The molecule has 1 rings (SSSR count). The molecule has 0 aliphatic carbocycles. The van der Waals surface area contributed by atoms with Gasteiger partial charge in [-0.1, -0.05) is 27.2 Å². The molecule has 20 heavy (non-hydrogen) atoms. The van der Waals surface area contributed by atoms with Crippen LogP contribution in [-0.4, -0.2) is 33.7 Å². The number of nitrogens with one attached hydrogen (secondary N) is 1. The van der Waals surface area contributed by atoms with Gasteiger partial charge < -0.3 is 15.0 Å². The minimum Gasteiger partial charge on any atom is -0.396 e. The predicted octanol–water partition coefficient (Wildman–Crippen LogP) is 2.14. The van der Waals surface area contributed by atoms with Gasteiger partial charge in [0.1, 0.15) is 0 Å². The maximum Gasteiger partial charge on any atom is 0.222 e. The van der Waals surface area contributed by atoms with Gasteiger partial charge in [-0.05, 0) is 18.3 Å². The zero-order valence-electron chi connectivity index (χ0n) is 12.8. The Balaban J connectivity index is 2.47. The van der Waals surface area contributed by atoms with Crippen LogP contribution in [0.15, 0.2) is 18.7 Å². The molecule has 0 aliphatic heterocycles. The molecule has 5 heteroatoms. The van der Waals surface area contributed by atoms with E-state index >= 15 is 0 Å². The number of rotatable bonds is 9. The maximum atomic E-state index is 12.1. The molecule has 114 valence electrons. The van der Waals surface area contributed by atoms with Gasteiger partial charge in [0.25, 0.3) is 0 Å². The molecule has 0 saturated carbocycles. The van der Waals surface area contributed by atoms with Crippen LogP contribution in [0.1, 0.15) is 52.5 Å². The fourth-order valence-electron chi connectivity index (χ4n) is 2.19. The Hall–Kier alpha value is -1.36.